The van der Waals surface area contributed by atoms with Crippen LogP contribution in [0.1, 0.15) is 30.1 Å². The first kappa shape index (κ1) is 12.7. The van der Waals surface area contributed by atoms with Crippen LogP contribution in [0.4, 0.5) is 0 Å². The molecule has 1 aromatic carbocycles. The van der Waals surface area contributed by atoms with Crippen molar-refractivity contribution in [3.8, 4) is 12.3 Å². The van der Waals surface area contributed by atoms with E-state index in [4.69, 9.17) is 6.42 Å². The second kappa shape index (κ2) is 6.24. The minimum Gasteiger partial charge on any atom is -0.338 e. The smallest absolute Gasteiger partial charge is 0.253 e. The fourth-order valence-electron chi connectivity index (χ4n) is 1.39. The summed E-state index contributed by atoms with van der Waals surface area (Å²) in [5.41, 5.74) is 0.558. The van der Waals surface area contributed by atoms with Gasteiger partial charge in [0.1, 0.15) is 0 Å². The average Bonchev–Trinajstić information content (AvgIpc) is 2.28. The molecule has 1 N–H and O–H groups in total. The van der Waals surface area contributed by atoms with Crippen LogP contribution < -0.4 is 5.32 Å². The van der Waals surface area contributed by atoms with Crippen LogP contribution in [0.2, 0.25) is 0 Å². The molecule has 0 aromatic heterocycles. The molecule has 0 radical (unpaired) electrons. The number of thiol groups is 1. The molecule has 84 valence electrons. The van der Waals surface area contributed by atoms with E-state index in [0.29, 0.717) is 10.5 Å². The van der Waals surface area contributed by atoms with Gasteiger partial charge in [0.2, 0.25) is 0 Å². The van der Waals surface area contributed by atoms with Crippen molar-refractivity contribution >= 4 is 18.5 Å². The number of carbonyl (C=O) groups is 1. The largest absolute Gasteiger partial charge is 0.338 e. The number of benzene rings is 1. The van der Waals surface area contributed by atoms with E-state index in [-0.39, 0.29) is 11.9 Å². The third kappa shape index (κ3) is 3.32. The van der Waals surface area contributed by atoms with Crippen molar-refractivity contribution in [2.24, 2.45) is 0 Å². The van der Waals surface area contributed by atoms with Crippen LogP contribution in [0, 0.1) is 12.3 Å². The number of hydrogen-bond donors (Lipinski definition) is 2. The van der Waals surface area contributed by atoms with Gasteiger partial charge in [-0.3, -0.25) is 4.79 Å². The van der Waals surface area contributed by atoms with Gasteiger partial charge in [-0.2, -0.15) is 0 Å². The quantitative estimate of drug-likeness (QED) is 0.607. The van der Waals surface area contributed by atoms with E-state index in [1.165, 1.54) is 0 Å². The summed E-state index contributed by atoms with van der Waals surface area (Å²) >= 11 is 4.23. The maximum absolute atomic E-state index is 11.9. The molecular formula is C13H15NOS. The minimum atomic E-state index is -0.203. The van der Waals surface area contributed by atoms with E-state index in [9.17, 15) is 4.79 Å². The minimum absolute atomic E-state index is 0.165. The lowest BCUT2D eigenvalue weighted by Crippen LogP contribution is -2.33. The van der Waals surface area contributed by atoms with Crippen molar-refractivity contribution in [2.45, 2.75) is 30.7 Å². The van der Waals surface area contributed by atoms with Gasteiger partial charge in [0, 0.05) is 4.90 Å². The van der Waals surface area contributed by atoms with Crippen LogP contribution in [0.5, 0.6) is 0 Å². The summed E-state index contributed by atoms with van der Waals surface area (Å²) in [5.74, 6) is 2.40. The second-order valence-corrected chi connectivity index (χ2v) is 3.98. The number of nitrogens with one attached hydrogen (secondary N) is 1. The Labute approximate surface area is 102 Å². The highest BCUT2D eigenvalue weighted by Gasteiger charge is 2.12. The first-order chi connectivity index (χ1) is 7.69. The molecule has 2 nitrogen and oxygen atoms in total. The predicted octanol–water partition coefficient (Wildman–Crippen LogP) is 2.51. The molecule has 0 aliphatic heterocycles. The van der Waals surface area contributed by atoms with Crippen molar-refractivity contribution in [1.82, 2.24) is 5.32 Å². The third-order valence-corrected chi connectivity index (χ3v) is 2.62. The summed E-state index contributed by atoms with van der Waals surface area (Å²) in [5, 5.41) is 2.80. The first-order valence-corrected chi connectivity index (χ1v) is 5.68. The van der Waals surface area contributed by atoms with Gasteiger partial charge in [0.25, 0.3) is 5.91 Å². The molecule has 0 bridgehead atoms. The molecule has 3 heteroatoms. The second-order valence-electron chi connectivity index (χ2n) is 3.50. The fourth-order valence-corrected chi connectivity index (χ4v) is 1.65. The lowest BCUT2D eigenvalue weighted by atomic mass is 10.1. The highest BCUT2D eigenvalue weighted by atomic mass is 32.1. The van der Waals surface area contributed by atoms with Crippen LogP contribution >= 0.6 is 12.6 Å². The maximum Gasteiger partial charge on any atom is 0.253 e. The van der Waals surface area contributed by atoms with Crippen molar-refractivity contribution in [1.29, 1.82) is 0 Å². The molecule has 0 saturated heterocycles. The van der Waals surface area contributed by atoms with E-state index in [1.54, 1.807) is 18.2 Å². The number of rotatable bonds is 4. The van der Waals surface area contributed by atoms with Crippen molar-refractivity contribution < 1.29 is 4.79 Å². The lowest BCUT2D eigenvalue weighted by Gasteiger charge is -2.12. The molecule has 0 spiro atoms. The Morgan fingerprint density at radius 1 is 1.56 bits per heavy atom. The van der Waals surface area contributed by atoms with Crippen LogP contribution in [-0.2, 0) is 0 Å². The molecule has 0 saturated carbocycles. The molecule has 0 aliphatic rings. The number of terminal acetylenes is 1. The Morgan fingerprint density at radius 2 is 2.25 bits per heavy atom. The van der Waals surface area contributed by atoms with E-state index in [2.05, 4.69) is 23.9 Å². The normalized spacial score (nSPS) is 11.6. The molecule has 0 fully saturated rings. The van der Waals surface area contributed by atoms with Gasteiger partial charge in [-0.1, -0.05) is 31.4 Å². The van der Waals surface area contributed by atoms with Crippen molar-refractivity contribution in [2.75, 3.05) is 0 Å². The zero-order valence-corrected chi connectivity index (χ0v) is 10.1. The van der Waals surface area contributed by atoms with E-state index in [0.717, 1.165) is 12.8 Å². The zero-order valence-electron chi connectivity index (χ0n) is 9.23. The summed E-state index contributed by atoms with van der Waals surface area (Å²) in [6, 6.07) is 6.95. The maximum atomic E-state index is 11.9. The molecule has 1 unspecified atom stereocenters. The monoisotopic (exact) mass is 233 g/mol. The topological polar surface area (TPSA) is 29.1 Å². The Morgan fingerprint density at radius 3 is 2.81 bits per heavy atom. The van der Waals surface area contributed by atoms with Gasteiger partial charge in [-0.25, -0.2) is 0 Å². The third-order valence-electron chi connectivity index (χ3n) is 2.23. The average molecular weight is 233 g/mol. The number of hydrogen-bond acceptors (Lipinski definition) is 2. The number of amides is 1. The summed E-state index contributed by atoms with van der Waals surface area (Å²) < 4.78 is 0. The molecule has 16 heavy (non-hydrogen) atoms. The SMILES string of the molecule is C#CC(CCC)NC(=O)c1ccccc1S. The molecule has 0 heterocycles. The van der Waals surface area contributed by atoms with Crippen molar-refractivity contribution in [3.05, 3.63) is 29.8 Å². The summed E-state index contributed by atoms with van der Waals surface area (Å²) in [6.45, 7) is 2.03. The van der Waals surface area contributed by atoms with Gasteiger partial charge >= 0.3 is 0 Å². The van der Waals surface area contributed by atoms with Crippen molar-refractivity contribution in [3.63, 3.8) is 0 Å². The lowest BCUT2D eigenvalue weighted by molar-refractivity contribution is 0.0941. The Bertz CT molecular complexity index is 409. The van der Waals surface area contributed by atoms with Gasteiger partial charge < -0.3 is 5.32 Å². The molecule has 1 atom stereocenters. The van der Waals surface area contributed by atoms with Crippen LogP contribution in [-0.4, -0.2) is 11.9 Å². The summed E-state index contributed by atoms with van der Waals surface area (Å²) in [6.07, 6.45) is 7.07. The summed E-state index contributed by atoms with van der Waals surface area (Å²) in [7, 11) is 0. The fraction of sp³-hybridized carbons (Fsp3) is 0.308. The Balaban J connectivity index is 2.73. The van der Waals surface area contributed by atoms with Gasteiger partial charge in [-0.05, 0) is 18.6 Å². The Hall–Kier alpha value is -1.40. The highest BCUT2D eigenvalue weighted by Crippen LogP contribution is 2.12. The molecule has 1 aromatic rings. The molecular weight excluding hydrogens is 218 g/mol. The Kier molecular flexibility index (Phi) is 4.94. The molecule has 1 rings (SSSR count). The van der Waals surface area contributed by atoms with Crippen LogP contribution in [0.3, 0.4) is 0 Å². The number of carbonyl (C=O) groups excluding carboxylic acids is 1. The van der Waals surface area contributed by atoms with Gasteiger partial charge in [0.05, 0.1) is 11.6 Å². The van der Waals surface area contributed by atoms with E-state index >= 15 is 0 Å². The summed E-state index contributed by atoms with van der Waals surface area (Å²) in [4.78, 5) is 12.5. The predicted molar refractivity (Wildman–Crippen MR) is 68.7 cm³/mol. The zero-order chi connectivity index (χ0) is 12.0. The highest BCUT2D eigenvalue weighted by molar-refractivity contribution is 7.80. The molecule has 0 aliphatic carbocycles. The van der Waals surface area contributed by atoms with Gasteiger partial charge in [-0.15, -0.1) is 19.1 Å². The van der Waals surface area contributed by atoms with Crippen LogP contribution in [0.25, 0.3) is 0 Å². The van der Waals surface area contributed by atoms with E-state index in [1.807, 2.05) is 13.0 Å². The van der Waals surface area contributed by atoms with Crippen LogP contribution in [0.15, 0.2) is 29.2 Å². The van der Waals surface area contributed by atoms with E-state index < -0.39 is 0 Å². The standard InChI is InChI=1S/C13H15NOS/c1-3-7-10(4-2)14-13(15)11-8-5-6-9-12(11)16/h2,5-6,8-10,16H,3,7H2,1H3,(H,14,15). The molecule has 1 amide bonds. The first-order valence-electron chi connectivity index (χ1n) is 5.24. The van der Waals surface area contributed by atoms with Gasteiger partial charge in [0.15, 0.2) is 0 Å².